The predicted molar refractivity (Wildman–Crippen MR) is 78.0 cm³/mol. The summed E-state index contributed by atoms with van der Waals surface area (Å²) < 4.78 is 7.68. The smallest absolute Gasteiger partial charge is 0.287 e. The normalized spacial score (nSPS) is 17.6. The average Bonchev–Trinajstić information content (AvgIpc) is 3.13. The number of hydrogen-bond acceptors (Lipinski definition) is 3. The standard InChI is InChI=1S/C16H15N3O2/c20-16(14-9-11-3-1-2-4-13(11)21-14)18-12-5-6-15-17-7-8-19(15)10-12/h1-4,7-9,12H,5-6,10H2,(H,18,20). The van der Waals surface area contributed by atoms with Crippen LogP contribution in [0, 0.1) is 0 Å². The lowest BCUT2D eigenvalue weighted by Gasteiger charge is -2.24. The van der Waals surface area contributed by atoms with Crippen molar-refractivity contribution in [2.24, 2.45) is 0 Å². The van der Waals surface area contributed by atoms with Crippen LogP contribution in [0.3, 0.4) is 0 Å². The Morgan fingerprint density at radius 1 is 1.38 bits per heavy atom. The quantitative estimate of drug-likeness (QED) is 0.784. The van der Waals surface area contributed by atoms with Crippen LogP contribution in [-0.4, -0.2) is 21.5 Å². The first-order valence-corrected chi connectivity index (χ1v) is 7.09. The summed E-state index contributed by atoms with van der Waals surface area (Å²) in [6.45, 7) is 0.765. The number of para-hydroxylation sites is 1. The van der Waals surface area contributed by atoms with E-state index in [4.69, 9.17) is 4.42 Å². The highest BCUT2D eigenvalue weighted by Crippen LogP contribution is 2.19. The first-order valence-electron chi connectivity index (χ1n) is 7.09. The lowest BCUT2D eigenvalue weighted by atomic mass is 10.1. The maximum Gasteiger partial charge on any atom is 0.287 e. The molecule has 0 saturated carbocycles. The van der Waals surface area contributed by atoms with Crippen LogP contribution in [0.25, 0.3) is 11.0 Å². The number of nitrogens with zero attached hydrogens (tertiary/aromatic N) is 2. The molecule has 106 valence electrons. The molecule has 0 fully saturated rings. The summed E-state index contributed by atoms with van der Waals surface area (Å²) >= 11 is 0. The Kier molecular flexibility index (Phi) is 2.77. The van der Waals surface area contributed by atoms with Gasteiger partial charge in [-0.05, 0) is 18.6 Å². The third-order valence-electron chi connectivity index (χ3n) is 3.92. The second kappa shape index (κ2) is 4.77. The Morgan fingerprint density at radius 2 is 2.29 bits per heavy atom. The molecule has 0 aliphatic carbocycles. The molecule has 2 aromatic heterocycles. The Hall–Kier alpha value is -2.56. The highest BCUT2D eigenvalue weighted by atomic mass is 16.3. The molecule has 1 unspecified atom stereocenters. The van der Waals surface area contributed by atoms with Gasteiger partial charge in [0.2, 0.25) is 0 Å². The third kappa shape index (κ3) is 2.20. The number of aromatic nitrogens is 2. The topological polar surface area (TPSA) is 60.1 Å². The van der Waals surface area contributed by atoms with Gasteiger partial charge in [-0.1, -0.05) is 18.2 Å². The molecule has 3 aromatic rings. The van der Waals surface area contributed by atoms with Gasteiger partial charge in [-0.3, -0.25) is 4.79 Å². The van der Waals surface area contributed by atoms with Crippen LogP contribution in [-0.2, 0) is 13.0 Å². The van der Waals surface area contributed by atoms with Gasteiger partial charge in [-0.25, -0.2) is 4.98 Å². The van der Waals surface area contributed by atoms with Crippen LogP contribution in [0.15, 0.2) is 47.1 Å². The van der Waals surface area contributed by atoms with Crippen molar-refractivity contribution in [2.45, 2.75) is 25.4 Å². The summed E-state index contributed by atoms with van der Waals surface area (Å²) in [5, 5.41) is 3.99. The van der Waals surface area contributed by atoms with Crippen LogP contribution in [0.4, 0.5) is 0 Å². The fourth-order valence-corrected chi connectivity index (χ4v) is 2.83. The highest BCUT2D eigenvalue weighted by Gasteiger charge is 2.22. The number of amides is 1. The Balaban J connectivity index is 1.51. The lowest BCUT2D eigenvalue weighted by molar-refractivity contribution is 0.0901. The number of aryl methyl sites for hydroxylation is 1. The number of fused-ring (bicyclic) bond motifs is 2. The molecule has 0 radical (unpaired) electrons. The fourth-order valence-electron chi connectivity index (χ4n) is 2.83. The van der Waals surface area contributed by atoms with Gasteiger partial charge in [0.25, 0.3) is 5.91 Å². The van der Waals surface area contributed by atoms with E-state index < -0.39 is 0 Å². The molecular formula is C16H15N3O2. The molecule has 1 aromatic carbocycles. The zero-order valence-corrected chi connectivity index (χ0v) is 11.5. The number of rotatable bonds is 2. The number of nitrogens with one attached hydrogen (secondary N) is 1. The van der Waals surface area contributed by atoms with E-state index in [9.17, 15) is 4.79 Å². The first kappa shape index (κ1) is 12.2. The molecule has 1 amide bonds. The summed E-state index contributed by atoms with van der Waals surface area (Å²) in [4.78, 5) is 16.6. The molecule has 21 heavy (non-hydrogen) atoms. The summed E-state index contributed by atoms with van der Waals surface area (Å²) in [7, 11) is 0. The summed E-state index contributed by atoms with van der Waals surface area (Å²) in [6.07, 6.45) is 5.55. The zero-order valence-electron chi connectivity index (χ0n) is 11.5. The summed E-state index contributed by atoms with van der Waals surface area (Å²) in [5.41, 5.74) is 0.739. The summed E-state index contributed by atoms with van der Waals surface area (Å²) in [6, 6.07) is 9.54. The highest BCUT2D eigenvalue weighted by molar-refractivity contribution is 5.96. The third-order valence-corrected chi connectivity index (χ3v) is 3.92. The van der Waals surface area contributed by atoms with Crippen molar-refractivity contribution in [3.8, 4) is 0 Å². The molecule has 4 rings (SSSR count). The van der Waals surface area contributed by atoms with Gasteiger partial charge in [0.15, 0.2) is 5.76 Å². The van der Waals surface area contributed by atoms with Crippen LogP contribution < -0.4 is 5.32 Å². The van der Waals surface area contributed by atoms with E-state index in [1.165, 1.54) is 0 Å². The van der Waals surface area contributed by atoms with Crippen LogP contribution in [0.5, 0.6) is 0 Å². The van der Waals surface area contributed by atoms with Crippen molar-refractivity contribution in [1.82, 2.24) is 14.9 Å². The van der Waals surface area contributed by atoms with Gasteiger partial charge in [-0.15, -0.1) is 0 Å². The van der Waals surface area contributed by atoms with E-state index in [1.54, 1.807) is 12.3 Å². The molecular weight excluding hydrogens is 266 g/mol. The van der Waals surface area contributed by atoms with Gasteiger partial charge in [0.1, 0.15) is 11.4 Å². The van der Waals surface area contributed by atoms with Crippen molar-refractivity contribution in [3.05, 3.63) is 54.3 Å². The number of carbonyl (C=O) groups excluding carboxylic acids is 1. The molecule has 5 heteroatoms. The van der Waals surface area contributed by atoms with Crippen molar-refractivity contribution in [2.75, 3.05) is 0 Å². The number of carbonyl (C=O) groups is 1. The second-order valence-electron chi connectivity index (χ2n) is 5.35. The van der Waals surface area contributed by atoms with Crippen molar-refractivity contribution in [3.63, 3.8) is 0 Å². The zero-order chi connectivity index (χ0) is 14.2. The fraction of sp³-hybridized carbons (Fsp3) is 0.250. The Morgan fingerprint density at radius 3 is 3.19 bits per heavy atom. The molecule has 3 heterocycles. The molecule has 0 saturated heterocycles. The van der Waals surface area contributed by atoms with E-state index in [-0.39, 0.29) is 11.9 Å². The van der Waals surface area contributed by atoms with E-state index in [2.05, 4.69) is 14.9 Å². The lowest BCUT2D eigenvalue weighted by Crippen LogP contribution is -2.40. The molecule has 1 N–H and O–H groups in total. The van der Waals surface area contributed by atoms with Gasteiger partial charge < -0.3 is 14.3 Å². The first-order chi connectivity index (χ1) is 10.3. The largest absolute Gasteiger partial charge is 0.451 e. The van der Waals surface area contributed by atoms with Crippen LogP contribution in [0.1, 0.15) is 22.8 Å². The van der Waals surface area contributed by atoms with Crippen molar-refractivity contribution >= 4 is 16.9 Å². The second-order valence-corrected chi connectivity index (χ2v) is 5.35. The molecule has 1 atom stereocenters. The number of imidazole rings is 1. The van der Waals surface area contributed by atoms with E-state index in [1.807, 2.05) is 30.5 Å². The van der Waals surface area contributed by atoms with Crippen LogP contribution >= 0.6 is 0 Å². The number of benzene rings is 1. The van der Waals surface area contributed by atoms with Crippen molar-refractivity contribution < 1.29 is 9.21 Å². The average molecular weight is 281 g/mol. The molecule has 1 aliphatic heterocycles. The number of hydrogen-bond donors (Lipinski definition) is 1. The van der Waals surface area contributed by atoms with Gasteiger partial charge >= 0.3 is 0 Å². The predicted octanol–water partition coefficient (Wildman–Crippen LogP) is 2.37. The maximum absolute atomic E-state index is 12.3. The van der Waals surface area contributed by atoms with Gasteiger partial charge in [0.05, 0.1) is 0 Å². The number of furan rings is 1. The minimum absolute atomic E-state index is 0.118. The monoisotopic (exact) mass is 281 g/mol. The molecule has 5 nitrogen and oxygen atoms in total. The summed E-state index contributed by atoms with van der Waals surface area (Å²) in [5.74, 6) is 1.30. The Bertz CT molecular complexity index is 770. The van der Waals surface area contributed by atoms with E-state index in [0.717, 1.165) is 36.2 Å². The molecule has 1 aliphatic rings. The van der Waals surface area contributed by atoms with Crippen LogP contribution in [0.2, 0.25) is 0 Å². The molecule has 0 bridgehead atoms. The SMILES string of the molecule is O=C(NC1CCc2nccn2C1)c1cc2ccccc2o1. The minimum Gasteiger partial charge on any atom is -0.451 e. The van der Waals surface area contributed by atoms with Gasteiger partial charge in [-0.2, -0.15) is 0 Å². The minimum atomic E-state index is -0.153. The maximum atomic E-state index is 12.3. The molecule has 0 spiro atoms. The Labute approximate surface area is 121 Å². The van der Waals surface area contributed by atoms with E-state index in [0.29, 0.717) is 5.76 Å². The van der Waals surface area contributed by atoms with Crippen molar-refractivity contribution in [1.29, 1.82) is 0 Å². The van der Waals surface area contributed by atoms with Gasteiger partial charge in [0, 0.05) is 36.8 Å². The van der Waals surface area contributed by atoms with E-state index >= 15 is 0 Å².